The average Bonchev–Trinajstić information content (AvgIpc) is 3.04. The number of para-hydroxylation sites is 1. The molecule has 0 radical (unpaired) electrons. The normalized spacial score (nSPS) is 25.2. The van der Waals surface area contributed by atoms with Gasteiger partial charge >= 0.3 is 0 Å². The zero-order valence-corrected chi connectivity index (χ0v) is 12.5. The van der Waals surface area contributed by atoms with Gasteiger partial charge in [-0.3, -0.25) is 0 Å². The number of allylic oxidation sites excluding steroid dienone is 2. The van der Waals surface area contributed by atoms with E-state index in [9.17, 15) is 5.11 Å². The molecule has 22 heavy (non-hydrogen) atoms. The molecular weight excluding hydrogens is 274 g/mol. The quantitative estimate of drug-likeness (QED) is 0.814. The van der Waals surface area contributed by atoms with E-state index in [1.807, 2.05) is 12.1 Å². The van der Waals surface area contributed by atoms with Gasteiger partial charge in [-0.05, 0) is 41.7 Å². The van der Waals surface area contributed by atoms with E-state index in [0.29, 0.717) is 17.6 Å². The van der Waals surface area contributed by atoms with Gasteiger partial charge in [0.1, 0.15) is 0 Å². The third kappa shape index (κ3) is 1.97. The van der Waals surface area contributed by atoms with Crippen LogP contribution in [0.25, 0.3) is 0 Å². The standard InChI is InChI=1S/C19H19NO2/c1-22-18-11-12(9-10-17(18)21)19-15-7-4-6-13(15)14-5-2-3-8-16(14)20-19/h2-6,8-11,13,15,19-21H,7H2,1H3. The van der Waals surface area contributed by atoms with Crippen molar-refractivity contribution >= 4 is 5.69 Å². The van der Waals surface area contributed by atoms with E-state index in [1.165, 1.54) is 11.3 Å². The zero-order chi connectivity index (χ0) is 15.1. The summed E-state index contributed by atoms with van der Waals surface area (Å²) in [5.41, 5.74) is 3.73. The Morgan fingerprint density at radius 2 is 2.05 bits per heavy atom. The number of phenolic OH excluding ortho intramolecular Hbond substituents is 1. The number of fused-ring (bicyclic) bond motifs is 3. The van der Waals surface area contributed by atoms with Gasteiger partial charge in [-0.25, -0.2) is 0 Å². The second kappa shape index (κ2) is 5.09. The van der Waals surface area contributed by atoms with E-state index in [4.69, 9.17) is 4.74 Å². The number of anilines is 1. The molecule has 0 fully saturated rings. The van der Waals surface area contributed by atoms with E-state index < -0.39 is 0 Å². The minimum atomic E-state index is 0.184. The second-order valence-corrected chi connectivity index (χ2v) is 5.99. The van der Waals surface area contributed by atoms with Crippen LogP contribution < -0.4 is 10.1 Å². The summed E-state index contributed by atoms with van der Waals surface area (Å²) >= 11 is 0. The highest BCUT2D eigenvalue weighted by atomic mass is 16.5. The van der Waals surface area contributed by atoms with E-state index in [0.717, 1.165) is 12.0 Å². The number of methoxy groups -OCH3 is 1. The molecule has 3 atom stereocenters. The summed E-state index contributed by atoms with van der Waals surface area (Å²) in [5, 5.41) is 13.5. The maximum absolute atomic E-state index is 9.82. The lowest BCUT2D eigenvalue weighted by molar-refractivity contribution is 0.370. The Morgan fingerprint density at radius 3 is 2.91 bits per heavy atom. The number of ether oxygens (including phenoxy) is 1. The molecule has 0 saturated heterocycles. The molecule has 112 valence electrons. The summed E-state index contributed by atoms with van der Waals surface area (Å²) < 4.78 is 5.26. The smallest absolute Gasteiger partial charge is 0.160 e. The summed E-state index contributed by atoms with van der Waals surface area (Å²) in [6.07, 6.45) is 5.68. The first kappa shape index (κ1) is 13.3. The van der Waals surface area contributed by atoms with Gasteiger partial charge in [0.05, 0.1) is 13.2 Å². The summed E-state index contributed by atoms with van der Waals surface area (Å²) in [4.78, 5) is 0. The predicted octanol–water partition coefficient (Wildman–Crippen LogP) is 4.23. The Bertz CT molecular complexity index is 738. The van der Waals surface area contributed by atoms with Crippen molar-refractivity contribution < 1.29 is 9.84 Å². The predicted molar refractivity (Wildman–Crippen MR) is 87.5 cm³/mol. The van der Waals surface area contributed by atoms with Gasteiger partial charge in [0.25, 0.3) is 0 Å². The Labute approximate surface area is 130 Å². The van der Waals surface area contributed by atoms with Gasteiger partial charge in [0.15, 0.2) is 11.5 Å². The molecule has 0 amide bonds. The monoisotopic (exact) mass is 293 g/mol. The molecule has 1 aliphatic heterocycles. The molecule has 2 aromatic rings. The van der Waals surface area contributed by atoms with Crippen LogP contribution in [0.3, 0.4) is 0 Å². The fourth-order valence-corrected chi connectivity index (χ4v) is 3.76. The van der Waals surface area contributed by atoms with Crippen molar-refractivity contribution in [3.63, 3.8) is 0 Å². The van der Waals surface area contributed by atoms with Crippen LogP contribution in [0.1, 0.15) is 29.5 Å². The van der Waals surface area contributed by atoms with E-state index in [-0.39, 0.29) is 11.8 Å². The number of hydrogen-bond donors (Lipinski definition) is 2. The molecule has 2 aromatic carbocycles. The van der Waals surface area contributed by atoms with E-state index in [1.54, 1.807) is 13.2 Å². The van der Waals surface area contributed by atoms with E-state index >= 15 is 0 Å². The number of nitrogens with one attached hydrogen (secondary N) is 1. The summed E-state index contributed by atoms with van der Waals surface area (Å²) in [6, 6.07) is 14.4. The van der Waals surface area contributed by atoms with Crippen LogP contribution in [0, 0.1) is 5.92 Å². The van der Waals surface area contributed by atoms with Crippen molar-refractivity contribution in [1.29, 1.82) is 0 Å². The first-order valence-electron chi connectivity index (χ1n) is 7.67. The van der Waals surface area contributed by atoms with Crippen LogP contribution in [0.2, 0.25) is 0 Å². The van der Waals surface area contributed by atoms with Crippen LogP contribution in [-0.4, -0.2) is 12.2 Å². The average molecular weight is 293 g/mol. The minimum absolute atomic E-state index is 0.184. The molecule has 0 saturated carbocycles. The number of phenols is 1. The van der Waals surface area contributed by atoms with Crippen molar-refractivity contribution in [3.8, 4) is 11.5 Å². The first-order chi connectivity index (χ1) is 10.8. The first-order valence-corrected chi connectivity index (χ1v) is 7.67. The molecule has 3 heteroatoms. The number of aromatic hydroxyl groups is 1. The zero-order valence-electron chi connectivity index (χ0n) is 12.5. The van der Waals surface area contributed by atoms with Crippen molar-refractivity contribution in [2.75, 3.05) is 12.4 Å². The highest BCUT2D eigenvalue weighted by Crippen LogP contribution is 2.50. The Hall–Kier alpha value is -2.42. The maximum atomic E-state index is 9.82. The van der Waals surface area contributed by atoms with Crippen LogP contribution in [0.4, 0.5) is 5.69 Å². The molecule has 4 rings (SSSR count). The summed E-state index contributed by atoms with van der Waals surface area (Å²) in [5.74, 6) is 1.68. The molecule has 1 aliphatic carbocycles. The number of rotatable bonds is 2. The van der Waals surface area contributed by atoms with Gasteiger partial charge in [0.2, 0.25) is 0 Å². The SMILES string of the molecule is COc1cc(C2Nc3ccccc3C3C=CCC32)ccc1O. The van der Waals surface area contributed by atoms with Crippen LogP contribution in [0.15, 0.2) is 54.6 Å². The third-order valence-electron chi connectivity index (χ3n) is 4.83. The molecule has 3 unspecified atom stereocenters. The van der Waals surface area contributed by atoms with Crippen molar-refractivity contribution in [3.05, 3.63) is 65.7 Å². The molecular formula is C19H19NO2. The van der Waals surface area contributed by atoms with E-state index in [2.05, 4.69) is 41.7 Å². The topological polar surface area (TPSA) is 41.5 Å². The lowest BCUT2D eigenvalue weighted by Crippen LogP contribution is -2.28. The Morgan fingerprint density at radius 1 is 1.18 bits per heavy atom. The molecule has 2 N–H and O–H groups in total. The van der Waals surface area contributed by atoms with Crippen LogP contribution in [-0.2, 0) is 0 Å². The van der Waals surface area contributed by atoms with Gasteiger partial charge < -0.3 is 15.2 Å². The number of hydrogen-bond acceptors (Lipinski definition) is 3. The van der Waals surface area contributed by atoms with Crippen molar-refractivity contribution in [2.24, 2.45) is 5.92 Å². The lowest BCUT2D eigenvalue weighted by atomic mass is 9.77. The lowest BCUT2D eigenvalue weighted by Gasteiger charge is -2.37. The number of benzene rings is 2. The van der Waals surface area contributed by atoms with Gasteiger partial charge in [-0.15, -0.1) is 0 Å². The highest BCUT2D eigenvalue weighted by molar-refractivity contribution is 5.60. The molecule has 0 spiro atoms. The molecule has 0 bridgehead atoms. The highest BCUT2D eigenvalue weighted by Gasteiger charge is 2.37. The third-order valence-corrected chi connectivity index (χ3v) is 4.83. The molecule has 3 nitrogen and oxygen atoms in total. The van der Waals surface area contributed by atoms with Crippen molar-refractivity contribution in [2.45, 2.75) is 18.4 Å². The van der Waals surface area contributed by atoms with Gasteiger partial charge in [-0.2, -0.15) is 0 Å². The maximum Gasteiger partial charge on any atom is 0.160 e. The molecule has 2 aliphatic rings. The van der Waals surface area contributed by atoms with Crippen molar-refractivity contribution in [1.82, 2.24) is 0 Å². The Balaban J connectivity index is 1.77. The molecule has 1 heterocycles. The fraction of sp³-hybridized carbons (Fsp3) is 0.263. The fourth-order valence-electron chi connectivity index (χ4n) is 3.76. The largest absolute Gasteiger partial charge is 0.504 e. The minimum Gasteiger partial charge on any atom is -0.504 e. The van der Waals surface area contributed by atoms with Gasteiger partial charge in [0, 0.05) is 11.6 Å². The Kier molecular flexibility index (Phi) is 3.07. The van der Waals surface area contributed by atoms with Crippen LogP contribution >= 0.6 is 0 Å². The second-order valence-electron chi connectivity index (χ2n) is 5.99. The van der Waals surface area contributed by atoms with Crippen LogP contribution in [0.5, 0.6) is 11.5 Å². The summed E-state index contributed by atoms with van der Waals surface area (Å²) in [6.45, 7) is 0. The summed E-state index contributed by atoms with van der Waals surface area (Å²) in [7, 11) is 1.59. The molecule has 0 aromatic heterocycles. The van der Waals surface area contributed by atoms with Gasteiger partial charge in [-0.1, -0.05) is 36.4 Å².